The van der Waals surface area contributed by atoms with E-state index in [1.807, 2.05) is 6.08 Å². The van der Waals surface area contributed by atoms with Gasteiger partial charge in [0.2, 0.25) is 0 Å². The van der Waals surface area contributed by atoms with E-state index in [-0.39, 0.29) is 24.5 Å². The summed E-state index contributed by atoms with van der Waals surface area (Å²) in [6, 6.07) is 7.30. The molecule has 2 heterocycles. The van der Waals surface area contributed by atoms with E-state index in [0.717, 1.165) is 12.1 Å². The van der Waals surface area contributed by atoms with E-state index >= 15 is 0 Å². The highest BCUT2D eigenvalue weighted by Crippen LogP contribution is 2.37. The third-order valence-corrected chi connectivity index (χ3v) is 5.89. The van der Waals surface area contributed by atoms with Crippen molar-refractivity contribution in [2.24, 2.45) is 0 Å². The molecule has 0 amide bonds. The van der Waals surface area contributed by atoms with Crippen molar-refractivity contribution in [3.05, 3.63) is 88.6 Å². The molecule has 0 radical (unpaired) electrons. The third kappa shape index (κ3) is 5.98. The van der Waals surface area contributed by atoms with Gasteiger partial charge < -0.3 is 15.0 Å². The summed E-state index contributed by atoms with van der Waals surface area (Å²) in [5, 5.41) is 3.22. The Morgan fingerprint density at radius 3 is 2.31 bits per heavy atom. The van der Waals surface area contributed by atoms with Crippen molar-refractivity contribution >= 4 is 5.69 Å². The maximum Gasteiger partial charge on any atom is 0.416 e. The molecule has 1 unspecified atom stereocenters. The average Bonchev–Trinajstić information content (AvgIpc) is 2.88. The largest absolute Gasteiger partial charge is 0.492 e. The molecule has 2 aliphatic rings. The molecule has 0 aliphatic carbocycles. The zero-order valence-corrected chi connectivity index (χ0v) is 18.5. The Morgan fingerprint density at radius 1 is 0.971 bits per heavy atom. The quantitative estimate of drug-likeness (QED) is 0.490. The molecule has 3 nitrogen and oxygen atoms in total. The van der Waals surface area contributed by atoms with Gasteiger partial charge in [0.15, 0.2) is 0 Å². The first-order valence-electron chi connectivity index (χ1n) is 11.1. The lowest BCUT2D eigenvalue weighted by Crippen LogP contribution is -2.36. The van der Waals surface area contributed by atoms with Crippen LogP contribution in [0.3, 0.4) is 0 Å². The SMILES string of the molecule is Fc1ccccc1N1CC=CC2=C1CC(Cc1cc(C(F)(F)F)cc(C(F)(F)F)c1)NCCCO2. The Labute approximate surface area is 197 Å². The summed E-state index contributed by atoms with van der Waals surface area (Å²) in [6.07, 6.45) is -5.54. The monoisotopic (exact) mass is 500 g/mol. The fourth-order valence-electron chi connectivity index (χ4n) is 4.29. The van der Waals surface area contributed by atoms with Crippen molar-refractivity contribution in [3.8, 4) is 0 Å². The van der Waals surface area contributed by atoms with Crippen LogP contribution in [-0.4, -0.2) is 25.7 Å². The maximum atomic E-state index is 14.6. The molecule has 0 saturated carbocycles. The number of halogens is 7. The van der Waals surface area contributed by atoms with Crippen LogP contribution in [0.5, 0.6) is 0 Å². The highest BCUT2D eigenvalue weighted by molar-refractivity contribution is 5.57. The van der Waals surface area contributed by atoms with Gasteiger partial charge in [0.25, 0.3) is 0 Å². The Hall–Kier alpha value is -3.01. The maximum absolute atomic E-state index is 14.6. The highest BCUT2D eigenvalue weighted by atomic mass is 19.4. The van der Waals surface area contributed by atoms with Gasteiger partial charge in [-0.3, -0.25) is 0 Å². The molecule has 2 aromatic carbocycles. The summed E-state index contributed by atoms with van der Waals surface area (Å²) >= 11 is 0. The van der Waals surface area contributed by atoms with Gasteiger partial charge >= 0.3 is 12.4 Å². The molecule has 4 rings (SSSR count). The van der Waals surface area contributed by atoms with E-state index in [9.17, 15) is 30.7 Å². The standard InChI is InChI=1S/C25H23F7N2O/c26-20-5-1-2-6-21(20)34-9-3-7-23-22(34)15-19(33-8-4-10-35-23)13-16-11-17(24(27,28)29)14-18(12-16)25(30,31)32/h1-3,5-7,11-12,14,19,33H,4,8-10,13,15H2. The van der Waals surface area contributed by atoms with Crippen LogP contribution < -0.4 is 10.2 Å². The lowest BCUT2D eigenvalue weighted by molar-refractivity contribution is -0.143. The molecule has 0 bridgehead atoms. The van der Waals surface area contributed by atoms with Gasteiger partial charge in [-0.05, 0) is 61.4 Å². The first-order chi connectivity index (χ1) is 16.5. The van der Waals surface area contributed by atoms with Crippen LogP contribution in [0, 0.1) is 5.82 Å². The number of rotatable bonds is 3. The van der Waals surface area contributed by atoms with Gasteiger partial charge in [0.05, 0.1) is 29.1 Å². The zero-order valence-electron chi connectivity index (χ0n) is 18.5. The number of alkyl halides is 6. The molecular weight excluding hydrogens is 477 g/mol. The molecule has 2 aliphatic heterocycles. The first kappa shape index (κ1) is 25.1. The van der Waals surface area contributed by atoms with Gasteiger partial charge in [0, 0.05) is 19.0 Å². The van der Waals surface area contributed by atoms with Crippen LogP contribution >= 0.6 is 0 Å². The van der Waals surface area contributed by atoms with Crippen molar-refractivity contribution in [3.63, 3.8) is 0 Å². The number of hydrogen-bond acceptors (Lipinski definition) is 3. The van der Waals surface area contributed by atoms with Gasteiger partial charge in [-0.2, -0.15) is 26.3 Å². The summed E-state index contributed by atoms with van der Waals surface area (Å²) in [4.78, 5) is 1.72. The fraction of sp³-hybridized carbons (Fsp3) is 0.360. The minimum absolute atomic E-state index is 0.0847. The summed E-state index contributed by atoms with van der Waals surface area (Å²) in [5.74, 6) is 0.0555. The molecular formula is C25H23F7N2O. The number of benzene rings is 2. The third-order valence-electron chi connectivity index (χ3n) is 5.89. The van der Waals surface area contributed by atoms with Crippen molar-refractivity contribution < 1.29 is 35.5 Å². The van der Waals surface area contributed by atoms with E-state index in [1.54, 1.807) is 29.2 Å². The van der Waals surface area contributed by atoms with Gasteiger partial charge in [-0.1, -0.05) is 18.2 Å². The Balaban J connectivity index is 1.69. The predicted molar refractivity (Wildman–Crippen MR) is 117 cm³/mol. The minimum Gasteiger partial charge on any atom is -0.492 e. The smallest absolute Gasteiger partial charge is 0.416 e. The van der Waals surface area contributed by atoms with E-state index in [2.05, 4.69) is 5.32 Å². The molecule has 10 heteroatoms. The lowest BCUT2D eigenvalue weighted by Gasteiger charge is -2.33. The van der Waals surface area contributed by atoms with Crippen molar-refractivity contribution in [2.75, 3.05) is 24.6 Å². The molecule has 0 aromatic heterocycles. The van der Waals surface area contributed by atoms with Crippen LogP contribution in [0.4, 0.5) is 36.4 Å². The van der Waals surface area contributed by atoms with Crippen molar-refractivity contribution in [1.82, 2.24) is 5.32 Å². The van der Waals surface area contributed by atoms with Gasteiger partial charge in [-0.25, -0.2) is 4.39 Å². The number of anilines is 1. The molecule has 188 valence electrons. The predicted octanol–water partition coefficient (Wildman–Crippen LogP) is 6.46. The average molecular weight is 500 g/mol. The Morgan fingerprint density at radius 2 is 1.66 bits per heavy atom. The second kappa shape index (κ2) is 9.93. The number of hydrogen-bond donors (Lipinski definition) is 1. The summed E-state index contributed by atoms with van der Waals surface area (Å²) in [5.41, 5.74) is -1.86. The van der Waals surface area contributed by atoms with E-state index < -0.39 is 35.3 Å². The van der Waals surface area contributed by atoms with Gasteiger partial charge in [-0.15, -0.1) is 0 Å². The number of ether oxygens (including phenoxy) is 1. The molecule has 0 fully saturated rings. The van der Waals surface area contributed by atoms with Crippen LogP contribution in [-0.2, 0) is 23.5 Å². The fourth-order valence-corrected chi connectivity index (χ4v) is 4.29. The zero-order chi connectivity index (χ0) is 25.2. The molecule has 2 aromatic rings. The molecule has 35 heavy (non-hydrogen) atoms. The lowest BCUT2D eigenvalue weighted by atomic mass is 9.96. The van der Waals surface area contributed by atoms with Gasteiger partial charge in [0.1, 0.15) is 11.6 Å². The number of allylic oxidation sites excluding steroid dienone is 1. The van der Waals surface area contributed by atoms with Crippen molar-refractivity contribution in [2.45, 2.75) is 37.7 Å². The highest BCUT2D eigenvalue weighted by Gasteiger charge is 2.37. The second-order valence-corrected chi connectivity index (χ2v) is 8.45. The van der Waals surface area contributed by atoms with Crippen LogP contribution in [0.2, 0.25) is 0 Å². The summed E-state index contributed by atoms with van der Waals surface area (Å²) in [7, 11) is 0. The van der Waals surface area contributed by atoms with Crippen molar-refractivity contribution in [1.29, 1.82) is 0 Å². The normalized spacial score (nSPS) is 19.5. The number of nitrogens with one attached hydrogen (secondary N) is 1. The first-order valence-corrected chi connectivity index (χ1v) is 11.1. The molecule has 1 N–H and O–H groups in total. The number of nitrogens with zero attached hydrogens (tertiary/aromatic N) is 1. The Bertz CT molecular complexity index is 1090. The Kier molecular flexibility index (Phi) is 7.12. The van der Waals surface area contributed by atoms with Crippen LogP contribution in [0.25, 0.3) is 0 Å². The topological polar surface area (TPSA) is 24.5 Å². The molecule has 1 atom stereocenters. The van der Waals surface area contributed by atoms with Crippen LogP contribution in [0.1, 0.15) is 29.5 Å². The summed E-state index contributed by atoms with van der Waals surface area (Å²) < 4.78 is 100. The molecule has 0 saturated heterocycles. The minimum atomic E-state index is -4.92. The molecule has 0 spiro atoms. The second-order valence-electron chi connectivity index (χ2n) is 8.45. The van der Waals surface area contributed by atoms with Crippen LogP contribution in [0.15, 0.2) is 66.1 Å². The van der Waals surface area contributed by atoms with E-state index in [1.165, 1.54) is 6.07 Å². The van der Waals surface area contributed by atoms with E-state index in [4.69, 9.17) is 4.74 Å². The summed E-state index contributed by atoms with van der Waals surface area (Å²) in [6.45, 7) is 1.16. The number of para-hydroxylation sites is 1. The van der Waals surface area contributed by atoms with E-state index in [0.29, 0.717) is 43.3 Å².